The van der Waals surface area contributed by atoms with Crippen molar-refractivity contribution < 1.29 is 23.1 Å². The third-order valence-electron chi connectivity index (χ3n) is 6.17. The van der Waals surface area contributed by atoms with Crippen LogP contribution in [0.5, 0.6) is 0 Å². The maximum atomic E-state index is 13.5. The molecule has 4 rings (SSSR count). The van der Waals surface area contributed by atoms with Crippen molar-refractivity contribution in [3.05, 3.63) is 35.4 Å². The number of nitrogens with zero attached hydrogens (tertiary/aromatic N) is 1. The van der Waals surface area contributed by atoms with Crippen molar-refractivity contribution in [2.24, 2.45) is 17.3 Å². The van der Waals surface area contributed by atoms with E-state index in [1.165, 1.54) is 6.07 Å². The minimum atomic E-state index is -1.04. The number of carbonyl (C=O) groups is 2. The molecule has 0 radical (unpaired) electrons. The van der Waals surface area contributed by atoms with E-state index in [0.717, 1.165) is 37.8 Å². The van der Waals surface area contributed by atoms with Gasteiger partial charge in [-0.15, -0.1) is 0 Å². The molecule has 0 unspecified atom stereocenters. The number of halogens is 2. The summed E-state index contributed by atoms with van der Waals surface area (Å²) in [7, 11) is 0. The molecule has 3 aliphatic rings. The Morgan fingerprint density at radius 3 is 2.59 bits per heavy atom. The topological polar surface area (TPSA) is 58.6 Å². The number of likely N-dealkylation sites (tertiary alicyclic amines) is 1. The van der Waals surface area contributed by atoms with Gasteiger partial charge in [0.15, 0.2) is 11.6 Å². The summed E-state index contributed by atoms with van der Waals surface area (Å²) < 4.78 is 32.2. The van der Waals surface area contributed by atoms with Crippen LogP contribution in [0, 0.1) is 28.9 Å². The van der Waals surface area contributed by atoms with Crippen LogP contribution in [-0.2, 0) is 9.53 Å². The summed E-state index contributed by atoms with van der Waals surface area (Å²) in [6.07, 6.45) is 3.75. The fraction of sp³-hybridized carbons (Fsp3) is 0.600. The van der Waals surface area contributed by atoms with E-state index in [4.69, 9.17) is 4.74 Å². The number of hydrogen-bond acceptors (Lipinski definition) is 3. The first-order valence-electron chi connectivity index (χ1n) is 9.58. The van der Waals surface area contributed by atoms with E-state index in [0.29, 0.717) is 38.8 Å². The van der Waals surface area contributed by atoms with Gasteiger partial charge in [0.25, 0.3) is 5.91 Å². The lowest BCUT2D eigenvalue weighted by Crippen LogP contribution is -2.44. The normalized spacial score (nSPS) is 24.2. The molecular formula is C20H24F2N2O3. The van der Waals surface area contributed by atoms with Gasteiger partial charge < -0.3 is 15.0 Å². The highest BCUT2D eigenvalue weighted by atomic mass is 19.2. The number of hydrogen-bond donors (Lipinski definition) is 1. The summed E-state index contributed by atoms with van der Waals surface area (Å²) in [4.78, 5) is 27.3. The van der Waals surface area contributed by atoms with Crippen LogP contribution >= 0.6 is 0 Å². The molecule has 0 aromatic heterocycles. The molecule has 1 spiro atoms. The van der Waals surface area contributed by atoms with E-state index in [1.807, 2.05) is 0 Å². The van der Waals surface area contributed by atoms with Crippen molar-refractivity contribution >= 4 is 11.8 Å². The molecule has 2 amide bonds. The molecule has 1 saturated carbocycles. The molecule has 1 atom stereocenters. The number of amides is 2. The summed E-state index contributed by atoms with van der Waals surface area (Å²) in [5, 5.41) is 3.05. The zero-order chi connectivity index (χ0) is 19.0. The van der Waals surface area contributed by atoms with E-state index < -0.39 is 11.6 Å². The molecule has 27 heavy (non-hydrogen) atoms. The van der Waals surface area contributed by atoms with Crippen LogP contribution in [0.3, 0.4) is 0 Å². The summed E-state index contributed by atoms with van der Waals surface area (Å²) in [6.45, 7) is 2.57. The van der Waals surface area contributed by atoms with E-state index in [2.05, 4.69) is 5.32 Å². The monoisotopic (exact) mass is 378 g/mol. The first-order chi connectivity index (χ1) is 13.0. The fourth-order valence-electron chi connectivity index (χ4n) is 4.27. The highest BCUT2D eigenvalue weighted by Crippen LogP contribution is 2.45. The standard InChI is InChI=1S/C20H24F2N2O3/c21-16-4-3-14(9-17(16)22)19(26)24-11-15(18(25)23-10-13-1-2-13)20(12-24)5-7-27-8-6-20/h3-4,9,13,15H,1-2,5-8,10-12H2,(H,23,25)/t15-/m0/s1. The summed E-state index contributed by atoms with van der Waals surface area (Å²) in [5.74, 6) is -2.11. The van der Waals surface area contributed by atoms with E-state index >= 15 is 0 Å². The first kappa shape index (κ1) is 18.3. The Hall–Kier alpha value is -2.02. The lowest BCUT2D eigenvalue weighted by atomic mass is 9.71. The molecule has 2 heterocycles. The predicted molar refractivity (Wildman–Crippen MR) is 94.0 cm³/mol. The summed E-state index contributed by atoms with van der Waals surface area (Å²) in [6, 6.07) is 3.18. The quantitative estimate of drug-likeness (QED) is 0.875. The van der Waals surface area contributed by atoms with E-state index in [-0.39, 0.29) is 28.7 Å². The SMILES string of the molecule is O=C(NCC1CC1)[C@@H]1CN(C(=O)c2ccc(F)c(F)c2)CC12CCOCC2. The minimum Gasteiger partial charge on any atom is -0.381 e. The van der Waals surface area contributed by atoms with Gasteiger partial charge in [-0.2, -0.15) is 0 Å². The van der Waals surface area contributed by atoms with Crippen LogP contribution in [0.15, 0.2) is 18.2 Å². The average molecular weight is 378 g/mol. The molecule has 5 nitrogen and oxygen atoms in total. The van der Waals surface area contributed by atoms with Gasteiger partial charge in [-0.05, 0) is 49.8 Å². The zero-order valence-corrected chi connectivity index (χ0v) is 15.2. The van der Waals surface area contributed by atoms with Gasteiger partial charge in [0.05, 0.1) is 5.92 Å². The van der Waals surface area contributed by atoms with Gasteiger partial charge in [0, 0.05) is 43.8 Å². The Bertz CT molecular complexity index is 745. The van der Waals surface area contributed by atoms with Crippen LogP contribution in [0.25, 0.3) is 0 Å². The molecule has 1 aromatic rings. The molecule has 146 valence electrons. The molecule has 1 aliphatic carbocycles. The smallest absolute Gasteiger partial charge is 0.254 e. The van der Waals surface area contributed by atoms with Gasteiger partial charge in [-0.1, -0.05) is 0 Å². The van der Waals surface area contributed by atoms with Crippen LogP contribution in [0.2, 0.25) is 0 Å². The summed E-state index contributed by atoms with van der Waals surface area (Å²) >= 11 is 0. The number of rotatable bonds is 4. The van der Waals surface area contributed by atoms with Crippen molar-refractivity contribution in [3.8, 4) is 0 Å². The highest BCUT2D eigenvalue weighted by molar-refractivity contribution is 5.95. The van der Waals surface area contributed by atoms with Crippen LogP contribution in [0.1, 0.15) is 36.0 Å². The Morgan fingerprint density at radius 1 is 1.19 bits per heavy atom. The molecule has 3 fully saturated rings. The second-order valence-electron chi connectivity index (χ2n) is 8.03. The number of carbonyl (C=O) groups excluding carboxylic acids is 2. The fourth-order valence-corrected chi connectivity index (χ4v) is 4.27. The average Bonchev–Trinajstić information content (AvgIpc) is 3.43. The number of nitrogens with one attached hydrogen (secondary N) is 1. The van der Waals surface area contributed by atoms with Crippen molar-refractivity contribution in [2.45, 2.75) is 25.7 Å². The Morgan fingerprint density at radius 2 is 1.93 bits per heavy atom. The third kappa shape index (κ3) is 3.70. The van der Waals surface area contributed by atoms with Crippen molar-refractivity contribution in [3.63, 3.8) is 0 Å². The van der Waals surface area contributed by atoms with Gasteiger partial charge >= 0.3 is 0 Å². The van der Waals surface area contributed by atoms with Crippen molar-refractivity contribution in [1.29, 1.82) is 0 Å². The lowest BCUT2D eigenvalue weighted by Gasteiger charge is -2.37. The maximum Gasteiger partial charge on any atom is 0.254 e. The van der Waals surface area contributed by atoms with E-state index in [1.54, 1.807) is 4.90 Å². The van der Waals surface area contributed by atoms with Gasteiger partial charge in [0.1, 0.15) is 0 Å². The molecule has 0 bridgehead atoms. The predicted octanol–water partition coefficient (Wildman–Crippen LogP) is 2.36. The molecule has 2 saturated heterocycles. The van der Waals surface area contributed by atoms with Gasteiger partial charge in [0.2, 0.25) is 5.91 Å². The summed E-state index contributed by atoms with van der Waals surface area (Å²) in [5.41, 5.74) is -0.199. The third-order valence-corrected chi connectivity index (χ3v) is 6.17. The van der Waals surface area contributed by atoms with E-state index in [9.17, 15) is 18.4 Å². The number of ether oxygens (including phenoxy) is 1. The molecular weight excluding hydrogens is 354 g/mol. The molecule has 1 N–H and O–H groups in total. The first-order valence-corrected chi connectivity index (χ1v) is 9.58. The van der Waals surface area contributed by atoms with Gasteiger partial charge in [-0.25, -0.2) is 8.78 Å². The van der Waals surface area contributed by atoms with Crippen molar-refractivity contribution in [1.82, 2.24) is 10.2 Å². The van der Waals surface area contributed by atoms with Crippen LogP contribution in [0.4, 0.5) is 8.78 Å². The second kappa shape index (κ2) is 7.19. The Kier molecular flexibility index (Phi) is 4.88. The molecule has 1 aromatic carbocycles. The molecule has 7 heteroatoms. The molecule has 2 aliphatic heterocycles. The largest absolute Gasteiger partial charge is 0.381 e. The van der Waals surface area contributed by atoms with Gasteiger partial charge in [-0.3, -0.25) is 9.59 Å². The van der Waals surface area contributed by atoms with Crippen molar-refractivity contribution in [2.75, 3.05) is 32.8 Å². The highest BCUT2D eigenvalue weighted by Gasteiger charge is 2.51. The minimum absolute atomic E-state index is 0.00983. The Balaban J connectivity index is 1.52. The Labute approximate surface area is 157 Å². The van der Waals surface area contributed by atoms with Crippen LogP contribution < -0.4 is 5.32 Å². The number of benzene rings is 1. The lowest BCUT2D eigenvalue weighted by molar-refractivity contribution is -0.129. The maximum absolute atomic E-state index is 13.5. The zero-order valence-electron chi connectivity index (χ0n) is 15.2. The second-order valence-corrected chi connectivity index (χ2v) is 8.03. The van der Waals surface area contributed by atoms with Crippen LogP contribution in [-0.4, -0.2) is 49.6 Å².